The molecular formula is C14H13ClN4S. The van der Waals surface area contributed by atoms with Crippen molar-refractivity contribution in [2.75, 3.05) is 12.4 Å². The molecule has 1 N–H and O–H groups in total. The van der Waals surface area contributed by atoms with Crippen LogP contribution in [0.2, 0.25) is 5.02 Å². The summed E-state index contributed by atoms with van der Waals surface area (Å²) in [6.07, 6.45) is 3.74. The monoisotopic (exact) mass is 304 g/mol. The van der Waals surface area contributed by atoms with Gasteiger partial charge in [-0.25, -0.2) is 9.97 Å². The molecule has 0 unspecified atom stereocenters. The van der Waals surface area contributed by atoms with Crippen LogP contribution in [0.1, 0.15) is 5.69 Å². The third-order valence-electron chi connectivity index (χ3n) is 2.95. The molecule has 3 heterocycles. The highest BCUT2D eigenvalue weighted by atomic mass is 35.5. The smallest absolute Gasteiger partial charge is 0.150 e. The minimum absolute atomic E-state index is 0.599. The fraction of sp³-hybridized carbons (Fsp3) is 0.143. The van der Waals surface area contributed by atoms with Crippen molar-refractivity contribution < 1.29 is 0 Å². The Morgan fingerprint density at radius 1 is 1.35 bits per heavy atom. The zero-order valence-corrected chi connectivity index (χ0v) is 12.4. The first-order valence-electron chi connectivity index (χ1n) is 6.16. The Kier molecular flexibility index (Phi) is 3.71. The van der Waals surface area contributed by atoms with Gasteiger partial charge >= 0.3 is 0 Å². The van der Waals surface area contributed by atoms with Gasteiger partial charge in [-0.3, -0.25) is 0 Å². The number of hydrogen-bond donors (Lipinski definition) is 1. The number of thiophene rings is 1. The van der Waals surface area contributed by atoms with Gasteiger partial charge in [0.05, 0.1) is 22.1 Å². The normalized spacial score (nSPS) is 10.7. The molecule has 3 aromatic heterocycles. The van der Waals surface area contributed by atoms with Crippen LogP contribution in [-0.2, 0) is 6.54 Å². The van der Waals surface area contributed by atoms with Crippen molar-refractivity contribution in [1.29, 1.82) is 0 Å². The minimum atomic E-state index is 0.599. The predicted octanol–water partition coefficient (Wildman–Crippen LogP) is 3.75. The Morgan fingerprint density at radius 3 is 3.00 bits per heavy atom. The first kappa shape index (κ1) is 13.1. The molecule has 0 aliphatic carbocycles. The fourth-order valence-electron chi connectivity index (χ4n) is 1.96. The van der Waals surface area contributed by atoms with E-state index in [2.05, 4.69) is 25.9 Å². The first-order valence-corrected chi connectivity index (χ1v) is 7.42. The summed E-state index contributed by atoms with van der Waals surface area (Å²) in [5.74, 6) is 1.75. The van der Waals surface area contributed by atoms with Gasteiger partial charge in [0.1, 0.15) is 11.6 Å². The quantitative estimate of drug-likeness (QED) is 0.798. The molecule has 0 aromatic carbocycles. The maximum Gasteiger partial charge on any atom is 0.150 e. The van der Waals surface area contributed by atoms with Crippen LogP contribution >= 0.6 is 22.9 Å². The standard InChI is InChI=1S/C14H13ClN4S/c1-16-13-5-4-10(15)11(18-13)9-19-7-6-17-14(19)12-3-2-8-20-12/h2-8H,9H2,1H3,(H,16,18). The molecular weight excluding hydrogens is 292 g/mol. The van der Waals surface area contributed by atoms with E-state index < -0.39 is 0 Å². The average molecular weight is 305 g/mol. The van der Waals surface area contributed by atoms with E-state index in [0.717, 1.165) is 22.2 Å². The van der Waals surface area contributed by atoms with Gasteiger partial charge < -0.3 is 9.88 Å². The SMILES string of the molecule is CNc1ccc(Cl)c(Cn2ccnc2-c2cccs2)n1. The first-order chi connectivity index (χ1) is 9.78. The number of aromatic nitrogens is 3. The number of pyridine rings is 1. The molecule has 0 aliphatic rings. The second-order valence-corrected chi connectivity index (χ2v) is 5.59. The molecule has 0 bridgehead atoms. The largest absolute Gasteiger partial charge is 0.373 e. The predicted molar refractivity (Wildman–Crippen MR) is 83.4 cm³/mol. The average Bonchev–Trinajstić information content (AvgIpc) is 3.11. The fourth-order valence-corrected chi connectivity index (χ4v) is 2.86. The summed E-state index contributed by atoms with van der Waals surface area (Å²) in [7, 11) is 1.84. The van der Waals surface area contributed by atoms with Crippen LogP contribution in [0.25, 0.3) is 10.7 Å². The molecule has 4 nitrogen and oxygen atoms in total. The highest BCUT2D eigenvalue weighted by molar-refractivity contribution is 7.13. The van der Waals surface area contributed by atoms with Gasteiger partial charge in [0.15, 0.2) is 0 Å². The van der Waals surface area contributed by atoms with Crippen molar-refractivity contribution >= 4 is 28.8 Å². The van der Waals surface area contributed by atoms with E-state index in [9.17, 15) is 0 Å². The van der Waals surface area contributed by atoms with Crippen molar-refractivity contribution in [1.82, 2.24) is 14.5 Å². The van der Waals surface area contributed by atoms with Gasteiger partial charge in [-0.15, -0.1) is 11.3 Å². The van der Waals surface area contributed by atoms with Crippen LogP contribution in [0.4, 0.5) is 5.82 Å². The second kappa shape index (κ2) is 5.64. The van der Waals surface area contributed by atoms with E-state index in [1.807, 2.05) is 36.8 Å². The molecule has 3 aromatic rings. The lowest BCUT2D eigenvalue weighted by Gasteiger charge is -2.09. The summed E-state index contributed by atoms with van der Waals surface area (Å²) < 4.78 is 2.06. The van der Waals surface area contributed by atoms with Crippen molar-refractivity contribution in [2.24, 2.45) is 0 Å². The molecule has 0 fully saturated rings. The Hall–Kier alpha value is -1.85. The van der Waals surface area contributed by atoms with Crippen molar-refractivity contribution in [2.45, 2.75) is 6.54 Å². The van der Waals surface area contributed by atoms with E-state index in [4.69, 9.17) is 11.6 Å². The molecule has 102 valence electrons. The highest BCUT2D eigenvalue weighted by Crippen LogP contribution is 2.25. The van der Waals surface area contributed by atoms with Crippen LogP contribution in [0, 0.1) is 0 Å². The summed E-state index contributed by atoms with van der Waals surface area (Å²) >= 11 is 7.89. The van der Waals surface area contributed by atoms with E-state index in [-0.39, 0.29) is 0 Å². The summed E-state index contributed by atoms with van der Waals surface area (Å²) in [5.41, 5.74) is 0.828. The van der Waals surface area contributed by atoms with E-state index in [1.54, 1.807) is 17.5 Å². The third-order valence-corrected chi connectivity index (χ3v) is 4.16. The topological polar surface area (TPSA) is 42.7 Å². The molecule has 0 aliphatic heterocycles. The number of nitrogens with one attached hydrogen (secondary N) is 1. The van der Waals surface area contributed by atoms with Gasteiger partial charge in [0.2, 0.25) is 0 Å². The number of nitrogens with zero attached hydrogens (tertiary/aromatic N) is 3. The molecule has 0 spiro atoms. The Balaban J connectivity index is 1.94. The van der Waals surface area contributed by atoms with Crippen LogP contribution < -0.4 is 5.32 Å². The third kappa shape index (κ3) is 2.55. The van der Waals surface area contributed by atoms with Crippen molar-refractivity contribution in [3.05, 3.63) is 52.8 Å². The number of imidazole rings is 1. The maximum atomic E-state index is 6.23. The van der Waals surface area contributed by atoms with Gasteiger partial charge in [-0.2, -0.15) is 0 Å². The molecule has 0 atom stereocenters. The van der Waals surface area contributed by atoms with E-state index >= 15 is 0 Å². The number of rotatable bonds is 4. The minimum Gasteiger partial charge on any atom is -0.373 e. The van der Waals surface area contributed by atoms with Gasteiger partial charge in [-0.05, 0) is 23.6 Å². The highest BCUT2D eigenvalue weighted by Gasteiger charge is 2.10. The lowest BCUT2D eigenvalue weighted by Crippen LogP contribution is -2.05. The van der Waals surface area contributed by atoms with E-state index in [0.29, 0.717) is 11.6 Å². The Morgan fingerprint density at radius 2 is 2.25 bits per heavy atom. The summed E-state index contributed by atoms with van der Waals surface area (Å²) in [4.78, 5) is 10.0. The summed E-state index contributed by atoms with van der Waals surface area (Å²) in [5, 5.41) is 5.73. The second-order valence-electron chi connectivity index (χ2n) is 4.23. The van der Waals surface area contributed by atoms with Crippen LogP contribution in [-0.4, -0.2) is 21.6 Å². The zero-order chi connectivity index (χ0) is 13.9. The number of halogens is 1. The lowest BCUT2D eigenvalue weighted by atomic mass is 10.3. The molecule has 0 saturated heterocycles. The van der Waals surface area contributed by atoms with Crippen LogP contribution in [0.3, 0.4) is 0 Å². The number of anilines is 1. The van der Waals surface area contributed by atoms with Crippen LogP contribution in [0.5, 0.6) is 0 Å². The lowest BCUT2D eigenvalue weighted by molar-refractivity contribution is 0.784. The molecule has 6 heteroatoms. The maximum absolute atomic E-state index is 6.23. The van der Waals surface area contributed by atoms with Gasteiger partial charge in [-0.1, -0.05) is 17.7 Å². The summed E-state index contributed by atoms with van der Waals surface area (Å²) in [6, 6.07) is 7.80. The van der Waals surface area contributed by atoms with Crippen LogP contribution in [0.15, 0.2) is 42.0 Å². The molecule has 0 saturated carbocycles. The zero-order valence-electron chi connectivity index (χ0n) is 10.9. The van der Waals surface area contributed by atoms with Crippen molar-refractivity contribution in [3.8, 4) is 10.7 Å². The molecule has 3 rings (SSSR count). The molecule has 20 heavy (non-hydrogen) atoms. The van der Waals surface area contributed by atoms with Gasteiger partial charge in [0, 0.05) is 19.4 Å². The molecule has 0 amide bonds. The Bertz CT molecular complexity index is 706. The van der Waals surface area contributed by atoms with E-state index in [1.165, 1.54) is 0 Å². The Labute approximate surface area is 126 Å². The summed E-state index contributed by atoms with van der Waals surface area (Å²) in [6.45, 7) is 0.599. The van der Waals surface area contributed by atoms with Crippen molar-refractivity contribution in [3.63, 3.8) is 0 Å². The van der Waals surface area contributed by atoms with Gasteiger partial charge in [0.25, 0.3) is 0 Å². The molecule has 0 radical (unpaired) electrons. The number of hydrogen-bond acceptors (Lipinski definition) is 4.